The maximum atomic E-state index is 14.2. The molecule has 4 rings (SSSR count). The molecule has 1 fully saturated rings. The Kier molecular flexibility index (Phi) is 5.93. The van der Waals surface area contributed by atoms with Crippen molar-refractivity contribution < 1.29 is 14.0 Å². The molecule has 2 amide bonds. The van der Waals surface area contributed by atoms with Crippen LogP contribution in [0.15, 0.2) is 67.0 Å². The van der Waals surface area contributed by atoms with E-state index in [0.29, 0.717) is 11.3 Å². The van der Waals surface area contributed by atoms with Gasteiger partial charge in [-0.05, 0) is 67.4 Å². The standard InChI is InChI=1S/C24H24FN3O2/c25-21-13-10-19(16-22(21)27-24(30)17-6-2-1-3-7-17)26-23(29)18-8-11-20(12-9-18)28-14-4-5-15-28/h4-5,8-17H,1-3,6-7H2,(H,26,29)(H,27,30). The molecule has 3 aromatic rings. The Morgan fingerprint density at radius 1 is 0.900 bits per heavy atom. The maximum absolute atomic E-state index is 14.2. The Hall–Kier alpha value is -3.41. The highest BCUT2D eigenvalue weighted by Gasteiger charge is 2.22. The summed E-state index contributed by atoms with van der Waals surface area (Å²) in [5.41, 5.74) is 1.95. The predicted molar refractivity (Wildman–Crippen MR) is 115 cm³/mol. The van der Waals surface area contributed by atoms with E-state index in [9.17, 15) is 14.0 Å². The van der Waals surface area contributed by atoms with Gasteiger partial charge in [-0.2, -0.15) is 0 Å². The molecule has 1 aromatic heterocycles. The highest BCUT2D eigenvalue weighted by Crippen LogP contribution is 2.27. The number of carbonyl (C=O) groups excluding carboxylic acids is 2. The van der Waals surface area contributed by atoms with Crippen LogP contribution in [0.5, 0.6) is 0 Å². The third kappa shape index (κ3) is 4.59. The van der Waals surface area contributed by atoms with Crippen molar-refractivity contribution in [1.82, 2.24) is 4.57 Å². The number of amides is 2. The first kappa shape index (κ1) is 19.9. The maximum Gasteiger partial charge on any atom is 0.255 e. The van der Waals surface area contributed by atoms with Crippen LogP contribution >= 0.6 is 0 Å². The molecule has 154 valence electrons. The molecule has 1 aliphatic rings. The number of halogens is 1. The van der Waals surface area contributed by atoms with Gasteiger partial charge in [0.25, 0.3) is 5.91 Å². The minimum absolute atomic E-state index is 0.0739. The zero-order valence-electron chi connectivity index (χ0n) is 16.6. The quantitative estimate of drug-likeness (QED) is 0.598. The van der Waals surface area contributed by atoms with E-state index in [0.717, 1.165) is 37.8 Å². The molecule has 6 heteroatoms. The highest BCUT2D eigenvalue weighted by atomic mass is 19.1. The van der Waals surface area contributed by atoms with Crippen LogP contribution in [0, 0.1) is 11.7 Å². The number of rotatable bonds is 5. The van der Waals surface area contributed by atoms with Crippen molar-refractivity contribution in [2.75, 3.05) is 10.6 Å². The molecule has 2 aromatic carbocycles. The number of nitrogens with zero attached hydrogens (tertiary/aromatic N) is 1. The van der Waals surface area contributed by atoms with E-state index in [2.05, 4.69) is 10.6 Å². The monoisotopic (exact) mass is 405 g/mol. The number of anilines is 2. The lowest BCUT2D eigenvalue weighted by atomic mass is 9.88. The van der Waals surface area contributed by atoms with Gasteiger partial charge in [0.15, 0.2) is 0 Å². The molecule has 1 saturated carbocycles. The van der Waals surface area contributed by atoms with E-state index in [1.807, 2.05) is 41.2 Å². The molecule has 0 bridgehead atoms. The van der Waals surface area contributed by atoms with Crippen molar-refractivity contribution >= 4 is 23.2 Å². The highest BCUT2D eigenvalue weighted by molar-refractivity contribution is 6.04. The minimum Gasteiger partial charge on any atom is -0.324 e. The molecule has 0 atom stereocenters. The number of hydrogen-bond acceptors (Lipinski definition) is 2. The second-order valence-electron chi connectivity index (χ2n) is 7.61. The number of nitrogens with one attached hydrogen (secondary N) is 2. The number of aromatic nitrogens is 1. The Labute approximate surface area is 174 Å². The SMILES string of the molecule is O=C(Nc1ccc(F)c(NC(=O)C2CCCCC2)c1)c1ccc(-n2cccc2)cc1. The molecule has 1 heterocycles. The van der Waals surface area contributed by atoms with Gasteiger partial charge in [0, 0.05) is 35.2 Å². The van der Waals surface area contributed by atoms with Gasteiger partial charge in [-0.3, -0.25) is 9.59 Å². The van der Waals surface area contributed by atoms with Gasteiger partial charge in [0.05, 0.1) is 5.69 Å². The summed E-state index contributed by atoms with van der Waals surface area (Å²) in [6, 6.07) is 15.2. The van der Waals surface area contributed by atoms with Gasteiger partial charge < -0.3 is 15.2 Å². The summed E-state index contributed by atoms with van der Waals surface area (Å²) in [6.45, 7) is 0. The predicted octanol–water partition coefficient (Wildman–Crippen LogP) is 5.39. The van der Waals surface area contributed by atoms with Crippen LogP contribution in [-0.4, -0.2) is 16.4 Å². The van der Waals surface area contributed by atoms with Crippen LogP contribution < -0.4 is 10.6 Å². The normalized spacial score (nSPS) is 14.3. The fraction of sp³-hybridized carbons (Fsp3) is 0.250. The summed E-state index contributed by atoms with van der Waals surface area (Å²) in [5.74, 6) is -1.05. The van der Waals surface area contributed by atoms with Gasteiger partial charge in [-0.25, -0.2) is 4.39 Å². The molecule has 0 unspecified atom stereocenters. The van der Waals surface area contributed by atoms with E-state index >= 15 is 0 Å². The second-order valence-corrected chi connectivity index (χ2v) is 7.61. The van der Waals surface area contributed by atoms with Crippen molar-refractivity contribution in [3.63, 3.8) is 0 Å². The molecule has 30 heavy (non-hydrogen) atoms. The molecule has 0 spiro atoms. The van der Waals surface area contributed by atoms with E-state index in [-0.39, 0.29) is 23.4 Å². The van der Waals surface area contributed by atoms with E-state index in [1.54, 1.807) is 12.1 Å². The lowest BCUT2D eigenvalue weighted by Gasteiger charge is -2.21. The number of hydrogen-bond donors (Lipinski definition) is 2. The molecule has 0 saturated heterocycles. The first-order valence-corrected chi connectivity index (χ1v) is 10.3. The summed E-state index contributed by atoms with van der Waals surface area (Å²) >= 11 is 0. The fourth-order valence-corrected chi connectivity index (χ4v) is 3.79. The smallest absolute Gasteiger partial charge is 0.255 e. The van der Waals surface area contributed by atoms with Crippen molar-refractivity contribution in [1.29, 1.82) is 0 Å². The van der Waals surface area contributed by atoms with Crippen molar-refractivity contribution in [3.05, 3.63) is 78.4 Å². The zero-order valence-corrected chi connectivity index (χ0v) is 16.6. The second kappa shape index (κ2) is 8.95. The molecule has 1 aliphatic carbocycles. The number of benzene rings is 2. The summed E-state index contributed by atoms with van der Waals surface area (Å²) in [5, 5.41) is 5.46. The number of carbonyl (C=O) groups is 2. The van der Waals surface area contributed by atoms with E-state index in [4.69, 9.17) is 0 Å². The van der Waals surface area contributed by atoms with Gasteiger partial charge in [-0.15, -0.1) is 0 Å². The topological polar surface area (TPSA) is 63.1 Å². The summed E-state index contributed by atoms with van der Waals surface area (Å²) in [4.78, 5) is 25.0. The zero-order chi connectivity index (χ0) is 20.9. The Morgan fingerprint density at radius 3 is 2.30 bits per heavy atom. The van der Waals surface area contributed by atoms with Crippen LogP contribution in [0.25, 0.3) is 5.69 Å². The summed E-state index contributed by atoms with van der Waals surface area (Å²) < 4.78 is 16.2. The Balaban J connectivity index is 1.43. The molecular weight excluding hydrogens is 381 g/mol. The van der Waals surface area contributed by atoms with Gasteiger partial charge in [0.1, 0.15) is 5.82 Å². The van der Waals surface area contributed by atoms with Gasteiger partial charge >= 0.3 is 0 Å². The third-order valence-corrected chi connectivity index (χ3v) is 5.49. The lowest BCUT2D eigenvalue weighted by molar-refractivity contribution is -0.120. The Morgan fingerprint density at radius 2 is 1.60 bits per heavy atom. The van der Waals surface area contributed by atoms with Gasteiger partial charge in [0.2, 0.25) is 5.91 Å². The van der Waals surface area contributed by atoms with Crippen LogP contribution in [0.4, 0.5) is 15.8 Å². The van der Waals surface area contributed by atoms with Crippen LogP contribution in [-0.2, 0) is 4.79 Å². The molecular formula is C24H24FN3O2. The molecule has 2 N–H and O–H groups in total. The van der Waals surface area contributed by atoms with E-state index in [1.165, 1.54) is 18.2 Å². The summed E-state index contributed by atoms with van der Waals surface area (Å²) in [6.07, 6.45) is 8.73. The molecule has 5 nitrogen and oxygen atoms in total. The van der Waals surface area contributed by atoms with E-state index < -0.39 is 5.82 Å². The van der Waals surface area contributed by atoms with Gasteiger partial charge in [-0.1, -0.05) is 19.3 Å². The lowest BCUT2D eigenvalue weighted by Crippen LogP contribution is -2.25. The molecule has 0 aliphatic heterocycles. The Bertz CT molecular complexity index is 1020. The van der Waals surface area contributed by atoms with Crippen LogP contribution in [0.3, 0.4) is 0 Å². The largest absolute Gasteiger partial charge is 0.324 e. The summed E-state index contributed by atoms with van der Waals surface area (Å²) in [7, 11) is 0. The van der Waals surface area contributed by atoms with Crippen LogP contribution in [0.1, 0.15) is 42.5 Å². The average Bonchev–Trinajstić information content (AvgIpc) is 3.32. The van der Waals surface area contributed by atoms with Crippen molar-refractivity contribution in [3.8, 4) is 5.69 Å². The first-order chi connectivity index (χ1) is 14.6. The first-order valence-electron chi connectivity index (χ1n) is 10.3. The third-order valence-electron chi connectivity index (χ3n) is 5.49. The minimum atomic E-state index is -0.520. The average molecular weight is 405 g/mol. The van der Waals surface area contributed by atoms with Crippen molar-refractivity contribution in [2.45, 2.75) is 32.1 Å². The van der Waals surface area contributed by atoms with Crippen LogP contribution in [0.2, 0.25) is 0 Å². The molecule has 0 radical (unpaired) electrons. The fourth-order valence-electron chi connectivity index (χ4n) is 3.79. The van der Waals surface area contributed by atoms with Crippen molar-refractivity contribution in [2.24, 2.45) is 5.92 Å².